The third-order valence-corrected chi connectivity index (χ3v) is 5.73. The second-order valence-electron chi connectivity index (χ2n) is 4.98. The second-order valence-corrected chi connectivity index (χ2v) is 7.06. The van der Waals surface area contributed by atoms with Crippen molar-refractivity contribution in [3.8, 4) is 20.3 Å². The molecule has 0 aliphatic rings. The average Bonchev–Trinajstić information content (AvgIpc) is 3.13. The van der Waals surface area contributed by atoms with Gasteiger partial charge in [-0.2, -0.15) is 13.2 Å². The van der Waals surface area contributed by atoms with E-state index >= 15 is 0 Å². The van der Waals surface area contributed by atoms with Crippen molar-refractivity contribution in [2.24, 2.45) is 0 Å². The van der Waals surface area contributed by atoms with E-state index in [2.05, 4.69) is 4.98 Å². The summed E-state index contributed by atoms with van der Waals surface area (Å²) in [5.41, 5.74) is 0.192. The zero-order chi connectivity index (χ0) is 17.5. The van der Waals surface area contributed by atoms with Crippen LogP contribution in [0.1, 0.15) is 20.9 Å². The number of carbonyl (C=O) groups is 1. The lowest BCUT2D eigenvalue weighted by Gasteiger charge is -2.07. The number of benzene rings is 1. The molecule has 0 saturated heterocycles. The van der Waals surface area contributed by atoms with E-state index in [-0.39, 0.29) is 4.88 Å². The zero-order valence-electron chi connectivity index (χ0n) is 12.2. The highest BCUT2D eigenvalue weighted by Crippen LogP contribution is 2.39. The molecule has 0 saturated carbocycles. The highest BCUT2D eigenvalue weighted by Gasteiger charge is 2.30. The minimum absolute atomic E-state index is 0.166. The lowest BCUT2D eigenvalue weighted by molar-refractivity contribution is -0.137. The summed E-state index contributed by atoms with van der Waals surface area (Å²) in [5.74, 6) is -1.04. The molecular weight excluding hydrogens is 359 g/mol. The highest BCUT2D eigenvalue weighted by molar-refractivity contribution is 7.24. The number of thiazole rings is 1. The molecule has 3 aromatic rings. The maximum atomic E-state index is 12.8. The molecule has 24 heavy (non-hydrogen) atoms. The van der Waals surface area contributed by atoms with Gasteiger partial charge in [-0.05, 0) is 36.8 Å². The normalized spacial score (nSPS) is 11.7. The Balaban J connectivity index is 1.97. The number of carboxylic acid groups (broad SMARTS) is 1. The summed E-state index contributed by atoms with van der Waals surface area (Å²) in [6.07, 6.45) is -4.39. The minimum atomic E-state index is -4.39. The molecule has 0 spiro atoms. The Kier molecular flexibility index (Phi) is 4.18. The molecule has 3 nitrogen and oxygen atoms in total. The smallest absolute Gasteiger partial charge is 0.416 e. The van der Waals surface area contributed by atoms with E-state index in [1.54, 1.807) is 25.1 Å². The van der Waals surface area contributed by atoms with Crippen LogP contribution in [0.3, 0.4) is 0 Å². The second kappa shape index (κ2) is 6.03. The van der Waals surface area contributed by atoms with Gasteiger partial charge in [0.2, 0.25) is 0 Å². The Morgan fingerprint density at radius 1 is 1.12 bits per heavy atom. The van der Waals surface area contributed by atoms with Crippen LogP contribution < -0.4 is 0 Å². The number of thiophene rings is 1. The Hall–Kier alpha value is -2.19. The van der Waals surface area contributed by atoms with Crippen molar-refractivity contribution in [3.63, 3.8) is 0 Å². The predicted octanol–water partition coefficient (Wildman–Crippen LogP) is 5.56. The molecule has 0 unspecified atom stereocenters. The third-order valence-electron chi connectivity index (χ3n) is 3.28. The predicted molar refractivity (Wildman–Crippen MR) is 87.6 cm³/mol. The van der Waals surface area contributed by atoms with Crippen LogP contribution in [0.4, 0.5) is 13.2 Å². The number of rotatable bonds is 3. The van der Waals surface area contributed by atoms with Crippen LogP contribution in [0, 0.1) is 6.92 Å². The number of aromatic nitrogens is 1. The van der Waals surface area contributed by atoms with Crippen LogP contribution in [0.2, 0.25) is 0 Å². The summed E-state index contributed by atoms with van der Waals surface area (Å²) in [7, 11) is 0. The molecule has 2 heterocycles. The number of carboxylic acids is 1. The number of nitrogens with zero attached hydrogens (tertiary/aromatic N) is 1. The standard InChI is InChI=1S/C16H10F3NO2S2/c1-8-13(15(21)22)24-14(20-8)12-6-5-11(23-12)9-3-2-4-10(7-9)16(17,18)19/h2-7H,1H3,(H,21,22). The number of aryl methyl sites for hydroxylation is 1. The van der Waals surface area contributed by atoms with Crippen molar-refractivity contribution in [1.82, 2.24) is 4.98 Å². The summed E-state index contributed by atoms with van der Waals surface area (Å²) >= 11 is 2.34. The van der Waals surface area contributed by atoms with Crippen molar-refractivity contribution in [3.05, 3.63) is 52.5 Å². The number of alkyl halides is 3. The number of hydrogen-bond acceptors (Lipinski definition) is 4. The van der Waals surface area contributed by atoms with E-state index in [1.165, 1.54) is 17.4 Å². The van der Waals surface area contributed by atoms with Crippen molar-refractivity contribution in [2.45, 2.75) is 13.1 Å². The fourth-order valence-electron chi connectivity index (χ4n) is 2.16. The first kappa shape index (κ1) is 16.7. The Labute approximate surface area is 143 Å². The largest absolute Gasteiger partial charge is 0.477 e. The summed E-state index contributed by atoms with van der Waals surface area (Å²) in [6, 6.07) is 8.57. The van der Waals surface area contributed by atoms with Gasteiger partial charge in [-0.25, -0.2) is 9.78 Å². The average molecular weight is 369 g/mol. The fourth-order valence-corrected chi connectivity index (χ4v) is 4.12. The summed E-state index contributed by atoms with van der Waals surface area (Å²) in [4.78, 5) is 16.9. The molecule has 0 aliphatic heterocycles. The molecule has 1 aromatic carbocycles. The Morgan fingerprint density at radius 2 is 1.83 bits per heavy atom. The fraction of sp³-hybridized carbons (Fsp3) is 0.125. The quantitative estimate of drug-likeness (QED) is 0.657. The molecule has 1 N–H and O–H groups in total. The van der Waals surface area contributed by atoms with Crippen LogP contribution in [0.5, 0.6) is 0 Å². The van der Waals surface area contributed by atoms with E-state index < -0.39 is 17.7 Å². The van der Waals surface area contributed by atoms with Crippen LogP contribution >= 0.6 is 22.7 Å². The molecule has 8 heteroatoms. The lowest BCUT2D eigenvalue weighted by Crippen LogP contribution is -2.04. The molecule has 0 fully saturated rings. The number of aromatic carboxylic acids is 1. The van der Waals surface area contributed by atoms with Crippen molar-refractivity contribution >= 4 is 28.6 Å². The van der Waals surface area contributed by atoms with E-state index in [4.69, 9.17) is 5.11 Å². The van der Waals surface area contributed by atoms with E-state index in [1.807, 2.05) is 0 Å². The van der Waals surface area contributed by atoms with Crippen molar-refractivity contribution in [2.75, 3.05) is 0 Å². The van der Waals surface area contributed by atoms with E-state index in [0.717, 1.165) is 28.3 Å². The molecule has 0 amide bonds. The molecule has 0 radical (unpaired) electrons. The molecule has 2 aromatic heterocycles. The van der Waals surface area contributed by atoms with Gasteiger partial charge in [0.1, 0.15) is 9.88 Å². The first-order valence-corrected chi connectivity index (χ1v) is 8.37. The Bertz CT molecular complexity index is 912. The summed E-state index contributed by atoms with van der Waals surface area (Å²) < 4.78 is 38.4. The molecule has 124 valence electrons. The first-order valence-electron chi connectivity index (χ1n) is 6.74. The maximum absolute atomic E-state index is 12.8. The zero-order valence-corrected chi connectivity index (χ0v) is 13.9. The van der Waals surface area contributed by atoms with Gasteiger partial charge in [0.05, 0.1) is 16.1 Å². The first-order chi connectivity index (χ1) is 11.3. The number of hydrogen-bond donors (Lipinski definition) is 1. The highest BCUT2D eigenvalue weighted by atomic mass is 32.1. The van der Waals surface area contributed by atoms with Gasteiger partial charge >= 0.3 is 12.1 Å². The van der Waals surface area contributed by atoms with Gasteiger partial charge in [0, 0.05) is 4.88 Å². The van der Waals surface area contributed by atoms with Crippen molar-refractivity contribution in [1.29, 1.82) is 0 Å². The molecule has 0 bridgehead atoms. The van der Waals surface area contributed by atoms with Crippen molar-refractivity contribution < 1.29 is 23.1 Å². The Morgan fingerprint density at radius 3 is 2.46 bits per heavy atom. The summed E-state index contributed by atoms with van der Waals surface area (Å²) in [6.45, 7) is 1.62. The van der Waals surface area contributed by atoms with Gasteiger partial charge in [0.25, 0.3) is 0 Å². The third kappa shape index (κ3) is 3.20. The van der Waals surface area contributed by atoms with Crippen LogP contribution in [-0.4, -0.2) is 16.1 Å². The van der Waals surface area contributed by atoms with Gasteiger partial charge < -0.3 is 5.11 Å². The minimum Gasteiger partial charge on any atom is -0.477 e. The van der Waals surface area contributed by atoms with Crippen LogP contribution in [0.25, 0.3) is 20.3 Å². The molecular formula is C16H10F3NO2S2. The molecule has 0 atom stereocenters. The van der Waals surface area contributed by atoms with Gasteiger partial charge in [0.15, 0.2) is 0 Å². The topological polar surface area (TPSA) is 50.2 Å². The summed E-state index contributed by atoms with van der Waals surface area (Å²) in [5, 5.41) is 9.63. The molecule has 0 aliphatic carbocycles. The number of halogens is 3. The van der Waals surface area contributed by atoms with Gasteiger partial charge in [-0.3, -0.25) is 0 Å². The van der Waals surface area contributed by atoms with Gasteiger partial charge in [-0.15, -0.1) is 22.7 Å². The van der Waals surface area contributed by atoms with Crippen LogP contribution in [0.15, 0.2) is 36.4 Å². The molecule has 3 rings (SSSR count). The van der Waals surface area contributed by atoms with E-state index in [0.29, 0.717) is 21.1 Å². The maximum Gasteiger partial charge on any atom is 0.416 e. The SMILES string of the molecule is Cc1nc(-c2ccc(-c3cccc(C(F)(F)F)c3)s2)sc1C(=O)O. The van der Waals surface area contributed by atoms with E-state index in [9.17, 15) is 18.0 Å². The van der Waals surface area contributed by atoms with Crippen LogP contribution in [-0.2, 0) is 6.18 Å². The monoisotopic (exact) mass is 369 g/mol. The lowest BCUT2D eigenvalue weighted by atomic mass is 10.1. The van der Waals surface area contributed by atoms with Gasteiger partial charge in [-0.1, -0.05) is 12.1 Å².